The Hall–Kier alpha value is -3.20. The van der Waals surface area contributed by atoms with Crippen LogP contribution in [0.4, 0.5) is 15.8 Å². The number of amides is 1. The van der Waals surface area contributed by atoms with Crippen molar-refractivity contribution < 1.29 is 17.6 Å². The summed E-state index contributed by atoms with van der Waals surface area (Å²) in [6.45, 7) is 0.428. The van der Waals surface area contributed by atoms with Crippen LogP contribution in [0.15, 0.2) is 61.1 Å². The van der Waals surface area contributed by atoms with Gasteiger partial charge in [-0.1, -0.05) is 6.07 Å². The second kappa shape index (κ2) is 7.08. The van der Waals surface area contributed by atoms with Crippen molar-refractivity contribution in [2.45, 2.75) is 6.42 Å². The molecule has 2 heterocycles. The number of halogens is 1. The van der Waals surface area contributed by atoms with Gasteiger partial charge in [-0.2, -0.15) is 0 Å². The van der Waals surface area contributed by atoms with Crippen LogP contribution in [0.25, 0.3) is 5.69 Å². The predicted octanol–water partition coefficient (Wildman–Crippen LogP) is 2.80. The molecule has 9 heteroatoms. The summed E-state index contributed by atoms with van der Waals surface area (Å²) >= 11 is 0. The first-order chi connectivity index (χ1) is 13.4. The van der Waals surface area contributed by atoms with E-state index in [4.69, 9.17) is 0 Å². The summed E-state index contributed by atoms with van der Waals surface area (Å²) in [6.07, 6.45) is 3.46. The zero-order chi connectivity index (χ0) is 19.7. The molecule has 1 amide bonds. The van der Waals surface area contributed by atoms with Gasteiger partial charge in [0.2, 0.25) is 10.0 Å². The molecule has 1 aromatic heterocycles. The lowest BCUT2D eigenvalue weighted by molar-refractivity contribution is 0.102. The van der Waals surface area contributed by atoms with Crippen molar-refractivity contribution in [2.24, 2.45) is 0 Å². The van der Waals surface area contributed by atoms with Gasteiger partial charge in [-0.15, -0.1) is 0 Å². The first-order valence-corrected chi connectivity index (χ1v) is 10.2. The van der Waals surface area contributed by atoms with E-state index in [1.165, 1.54) is 29.0 Å². The molecule has 0 spiro atoms. The summed E-state index contributed by atoms with van der Waals surface area (Å²) in [5.41, 5.74) is 1.85. The Bertz CT molecular complexity index is 1130. The molecule has 1 aliphatic rings. The topological polar surface area (TPSA) is 84.3 Å². The Morgan fingerprint density at radius 2 is 1.89 bits per heavy atom. The van der Waals surface area contributed by atoms with Gasteiger partial charge in [-0.05, 0) is 48.9 Å². The Morgan fingerprint density at radius 1 is 1.11 bits per heavy atom. The average Bonchev–Trinajstić information content (AvgIpc) is 3.29. The van der Waals surface area contributed by atoms with Crippen molar-refractivity contribution in [3.63, 3.8) is 0 Å². The number of aromatic nitrogens is 2. The number of anilines is 2. The molecule has 3 aromatic rings. The molecule has 0 atom stereocenters. The van der Waals surface area contributed by atoms with E-state index in [9.17, 15) is 17.6 Å². The lowest BCUT2D eigenvalue weighted by Crippen LogP contribution is -2.25. The van der Waals surface area contributed by atoms with Gasteiger partial charge < -0.3 is 5.32 Å². The van der Waals surface area contributed by atoms with Crippen LogP contribution < -0.4 is 9.62 Å². The molecule has 0 bridgehead atoms. The Labute approximate surface area is 161 Å². The summed E-state index contributed by atoms with van der Waals surface area (Å²) < 4.78 is 40.3. The van der Waals surface area contributed by atoms with E-state index in [1.54, 1.807) is 41.0 Å². The summed E-state index contributed by atoms with van der Waals surface area (Å²) in [7, 11) is -3.30. The highest BCUT2D eigenvalue weighted by molar-refractivity contribution is 7.93. The first-order valence-electron chi connectivity index (χ1n) is 8.64. The molecule has 28 heavy (non-hydrogen) atoms. The molecular weight excluding hydrogens is 383 g/mol. The summed E-state index contributed by atoms with van der Waals surface area (Å²) in [4.78, 5) is 16.7. The zero-order valence-corrected chi connectivity index (χ0v) is 15.6. The van der Waals surface area contributed by atoms with Crippen molar-refractivity contribution in [3.05, 3.63) is 72.6 Å². The van der Waals surface area contributed by atoms with Gasteiger partial charge in [0.25, 0.3) is 5.91 Å². The minimum Gasteiger partial charge on any atom is -0.321 e. The largest absolute Gasteiger partial charge is 0.321 e. The fraction of sp³-hybridized carbons (Fsp3) is 0.158. The maximum atomic E-state index is 13.1. The number of hydrogen-bond donors (Lipinski definition) is 1. The van der Waals surface area contributed by atoms with Crippen molar-refractivity contribution in [1.29, 1.82) is 0 Å². The number of rotatable bonds is 4. The van der Waals surface area contributed by atoms with E-state index >= 15 is 0 Å². The van der Waals surface area contributed by atoms with E-state index in [-0.39, 0.29) is 17.3 Å². The van der Waals surface area contributed by atoms with Crippen LogP contribution in [0.1, 0.15) is 16.9 Å². The maximum absolute atomic E-state index is 13.1. The van der Waals surface area contributed by atoms with Crippen molar-refractivity contribution in [3.8, 4) is 5.69 Å². The third kappa shape index (κ3) is 3.48. The van der Waals surface area contributed by atoms with E-state index in [2.05, 4.69) is 10.3 Å². The van der Waals surface area contributed by atoms with Gasteiger partial charge >= 0.3 is 0 Å². The summed E-state index contributed by atoms with van der Waals surface area (Å²) in [5.74, 6) is -0.660. The van der Waals surface area contributed by atoms with Crippen LogP contribution in [0.3, 0.4) is 0 Å². The quantitative estimate of drug-likeness (QED) is 0.730. The highest BCUT2D eigenvalue weighted by Crippen LogP contribution is 2.26. The molecule has 0 radical (unpaired) electrons. The van der Waals surface area contributed by atoms with Gasteiger partial charge in [0.15, 0.2) is 0 Å². The number of carbonyl (C=O) groups excluding carboxylic acids is 1. The summed E-state index contributed by atoms with van der Waals surface area (Å²) in [6, 6.07) is 12.4. The van der Waals surface area contributed by atoms with Gasteiger partial charge in [-0.25, -0.2) is 17.8 Å². The van der Waals surface area contributed by atoms with Crippen LogP contribution in [0, 0.1) is 5.82 Å². The van der Waals surface area contributed by atoms with Crippen LogP contribution in [-0.2, 0) is 10.0 Å². The Kier molecular flexibility index (Phi) is 4.60. The van der Waals surface area contributed by atoms with Gasteiger partial charge in [0.1, 0.15) is 11.5 Å². The molecule has 1 aliphatic heterocycles. The van der Waals surface area contributed by atoms with E-state index in [0.29, 0.717) is 30.0 Å². The molecule has 0 saturated carbocycles. The van der Waals surface area contributed by atoms with Gasteiger partial charge in [0.05, 0.1) is 24.0 Å². The average molecular weight is 400 g/mol. The number of imidazole rings is 1. The minimum absolute atomic E-state index is 0.125. The normalized spacial score (nSPS) is 15.5. The lowest BCUT2D eigenvalue weighted by Gasteiger charge is -2.18. The molecule has 0 unspecified atom stereocenters. The number of benzene rings is 2. The fourth-order valence-corrected chi connectivity index (χ4v) is 4.69. The molecule has 2 aromatic carbocycles. The maximum Gasteiger partial charge on any atom is 0.274 e. The SMILES string of the molecule is O=C(Nc1cccc(N2CCCS2(=O)=O)c1)c1cncn1-c1ccc(F)cc1. The van der Waals surface area contributed by atoms with E-state index in [1.807, 2.05) is 0 Å². The predicted molar refractivity (Wildman–Crippen MR) is 104 cm³/mol. The minimum atomic E-state index is -3.30. The highest BCUT2D eigenvalue weighted by atomic mass is 32.2. The monoisotopic (exact) mass is 400 g/mol. The van der Waals surface area contributed by atoms with Crippen LogP contribution >= 0.6 is 0 Å². The van der Waals surface area contributed by atoms with E-state index in [0.717, 1.165) is 0 Å². The molecule has 4 rings (SSSR count). The molecular formula is C19H17FN4O3S. The van der Waals surface area contributed by atoms with Crippen LogP contribution in [-0.4, -0.2) is 36.2 Å². The number of nitrogens with zero attached hydrogens (tertiary/aromatic N) is 3. The van der Waals surface area contributed by atoms with Crippen molar-refractivity contribution >= 4 is 27.3 Å². The number of nitrogens with one attached hydrogen (secondary N) is 1. The number of hydrogen-bond acceptors (Lipinski definition) is 4. The highest BCUT2D eigenvalue weighted by Gasteiger charge is 2.28. The molecule has 7 nitrogen and oxygen atoms in total. The van der Waals surface area contributed by atoms with E-state index < -0.39 is 15.9 Å². The zero-order valence-electron chi connectivity index (χ0n) is 14.7. The molecule has 1 fully saturated rings. The molecule has 0 aliphatic carbocycles. The third-order valence-electron chi connectivity index (χ3n) is 4.47. The van der Waals surface area contributed by atoms with Crippen LogP contribution in [0.5, 0.6) is 0 Å². The second-order valence-electron chi connectivity index (χ2n) is 6.37. The number of sulfonamides is 1. The Balaban J connectivity index is 1.58. The smallest absolute Gasteiger partial charge is 0.274 e. The molecule has 144 valence electrons. The lowest BCUT2D eigenvalue weighted by atomic mass is 10.2. The standard InChI is InChI=1S/C19H17FN4O3S/c20-14-5-7-16(8-6-14)23-13-21-12-18(23)19(25)22-15-3-1-4-17(11-15)24-9-2-10-28(24,26)27/h1,3-8,11-13H,2,9-10H2,(H,22,25). The Morgan fingerprint density at radius 3 is 2.61 bits per heavy atom. The van der Waals surface area contributed by atoms with Gasteiger partial charge in [-0.3, -0.25) is 13.7 Å². The fourth-order valence-electron chi connectivity index (χ4n) is 3.13. The first kappa shape index (κ1) is 18.2. The second-order valence-corrected chi connectivity index (χ2v) is 8.38. The third-order valence-corrected chi connectivity index (χ3v) is 6.34. The molecule has 1 N–H and O–H groups in total. The van der Waals surface area contributed by atoms with Crippen molar-refractivity contribution in [2.75, 3.05) is 21.9 Å². The van der Waals surface area contributed by atoms with Crippen molar-refractivity contribution in [1.82, 2.24) is 9.55 Å². The summed E-state index contributed by atoms with van der Waals surface area (Å²) in [5, 5.41) is 2.76. The number of carbonyl (C=O) groups is 1. The van der Waals surface area contributed by atoms with Crippen LogP contribution in [0.2, 0.25) is 0 Å². The molecule has 1 saturated heterocycles. The van der Waals surface area contributed by atoms with Gasteiger partial charge in [0, 0.05) is 17.9 Å².